The zero-order chi connectivity index (χ0) is 9.97. The van der Waals surface area contributed by atoms with E-state index in [0.717, 1.165) is 0 Å². The van der Waals surface area contributed by atoms with Gasteiger partial charge in [0.15, 0.2) is 0 Å². The Labute approximate surface area is 87.5 Å². The van der Waals surface area contributed by atoms with Gasteiger partial charge in [-0.3, -0.25) is 0 Å². The molecule has 2 nitrogen and oxygen atoms in total. The van der Waals surface area contributed by atoms with E-state index in [1.807, 2.05) is 6.07 Å². The van der Waals surface area contributed by atoms with Gasteiger partial charge in [0.05, 0.1) is 12.2 Å². The van der Waals surface area contributed by atoms with E-state index in [9.17, 15) is 0 Å². The second-order valence-electron chi connectivity index (χ2n) is 3.80. The Morgan fingerprint density at radius 1 is 1.07 bits per heavy atom. The van der Waals surface area contributed by atoms with Gasteiger partial charge in [-0.05, 0) is 13.8 Å². The molecule has 2 rings (SSSR count). The SMILES string of the molecule is CC1OB([SiH2]c2ccccc2)OC1C. The van der Waals surface area contributed by atoms with Crippen LogP contribution in [0.2, 0.25) is 0 Å². The van der Waals surface area contributed by atoms with Crippen LogP contribution in [-0.2, 0) is 9.31 Å². The van der Waals surface area contributed by atoms with Crippen LogP contribution in [0.4, 0.5) is 0 Å². The fourth-order valence-electron chi connectivity index (χ4n) is 1.63. The smallest absolute Gasteiger partial charge is 0.409 e. The predicted molar refractivity (Wildman–Crippen MR) is 61.5 cm³/mol. The average molecular weight is 206 g/mol. The normalized spacial score (nSPS) is 27.7. The third-order valence-corrected chi connectivity index (χ3v) is 4.30. The van der Waals surface area contributed by atoms with E-state index in [2.05, 4.69) is 38.1 Å². The number of hydrogen-bond acceptors (Lipinski definition) is 2. The molecule has 2 atom stereocenters. The lowest BCUT2D eigenvalue weighted by Gasteiger charge is -2.04. The highest BCUT2D eigenvalue weighted by Crippen LogP contribution is 2.14. The summed E-state index contributed by atoms with van der Waals surface area (Å²) in [4.78, 5) is 0. The highest BCUT2D eigenvalue weighted by atomic mass is 28.2. The fraction of sp³-hybridized carbons (Fsp3) is 0.400. The molecule has 14 heavy (non-hydrogen) atoms. The second-order valence-corrected chi connectivity index (χ2v) is 5.69. The molecule has 74 valence electrons. The average Bonchev–Trinajstić information content (AvgIpc) is 2.47. The minimum absolute atomic E-state index is 0.0717. The fourth-order valence-corrected chi connectivity index (χ4v) is 3.36. The first-order chi connectivity index (χ1) is 6.75. The van der Waals surface area contributed by atoms with Gasteiger partial charge >= 0.3 is 6.71 Å². The molecule has 1 aliphatic heterocycles. The van der Waals surface area contributed by atoms with Crippen molar-refractivity contribution in [1.82, 2.24) is 0 Å². The number of hydrogen-bond donors (Lipinski definition) is 0. The first-order valence-electron chi connectivity index (χ1n) is 5.10. The van der Waals surface area contributed by atoms with Crippen LogP contribution in [0, 0.1) is 0 Å². The molecule has 4 heteroatoms. The largest absolute Gasteiger partial charge is 0.430 e. The van der Waals surface area contributed by atoms with Gasteiger partial charge < -0.3 is 9.31 Å². The summed E-state index contributed by atoms with van der Waals surface area (Å²) in [5.74, 6) is 0. The highest BCUT2D eigenvalue weighted by molar-refractivity contribution is 7.12. The van der Waals surface area contributed by atoms with Crippen LogP contribution in [0.3, 0.4) is 0 Å². The molecule has 1 fully saturated rings. The molecule has 1 aromatic rings. The summed E-state index contributed by atoms with van der Waals surface area (Å²) in [5, 5.41) is 1.40. The molecule has 2 unspecified atom stereocenters. The summed E-state index contributed by atoms with van der Waals surface area (Å²) in [5.41, 5.74) is 0. The van der Waals surface area contributed by atoms with Crippen molar-refractivity contribution < 1.29 is 9.31 Å². The Kier molecular flexibility index (Phi) is 3.06. The van der Waals surface area contributed by atoms with Gasteiger partial charge in [0.25, 0.3) is 0 Å². The zero-order valence-electron chi connectivity index (χ0n) is 8.64. The Morgan fingerprint density at radius 3 is 2.21 bits per heavy atom. The summed E-state index contributed by atoms with van der Waals surface area (Å²) in [7, 11) is -0.443. The third kappa shape index (κ3) is 2.26. The molecule has 0 N–H and O–H groups in total. The maximum Gasteiger partial charge on any atom is 0.430 e. The monoisotopic (exact) mass is 206 g/mol. The van der Waals surface area contributed by atoms with Crippen molar-refractivity contribution in [2.75, 3.05) is 0 Å². The van der Waals surface area contributed by atoms with E-state index in [1.165, 1.54) is 5.19 Å². The standard InChI is InChI=1S/C10H15BO2Si/c1-8-9(2)13-11(12-8)14-10-6-4-3-5-7-10/h3-9H,14H2,1-2H3. The molecule has 0 spiro atoms. The lowest BCUT2D eigenvalue weighted by atomic mass is 10.3. The summed E-state index contributed by atoms with van der Waals surface area (Å²) >= 11 is 0. The Bertz CT molecular complexity index is 283. The molecule has 0 saturated carbocycles. The lowest BCUT2D eigenvalue weighted by molar-refractivity contribution is 0.187. The Morgan fingerprint density at radius 2 is 1.64 bits per heavy atom. The number of rotatable bonds is 2. The summed E-state index contributed by atoms with van der Waals surface area (Å²) in [6.45, 7) is 4.22. The van der Waals surface area contributed by atoms with Crippen LogP contribution in [0.1, 0.15) is 13.8 Å². The van der Waals surface area contributed by atoms with E-state index >= 15 is 0 Å². The molecule has 1 saturated heterocycles. The molecule has 0 bridgehead atoms. The van der Waals surface area contributed by atoms with E-state index in [0.29, 0.717) is 0 Å². The molecule has 0 amide bonds. The molecule has 1 aliphatic rings. The molecule has 1 heterocycles. The minimum atomic E-state index is -0.443. The quantitative estimate of drug-likeness (QED) is 0.647. The molecule has 0 aromatic heterocycles. The van der Waals surface area contributed by atoms with Gasteiger partial charge in [-0.1, -0.05) is 35.5 Å². The maximum absolute atomic E-state index is 5.72. The molecular weight excluding hydrogens is 191 g/mol. The first kappa shape index (κ1) is 9.96. The van der Waals surface area contributed by atoms with Gasteiger partial charge in [0.2, 0.25) is 0 Å². The summed E-state index contributed by atoms with van der Waals surface area (Å²) in [6, 6.07) is 10.5. The van der Waals surface area contributed by atoms with Crippen molar-refractivity contribution >= 4 is 21.3 Å². The van der Waals surface area contributed by atoms with Gasteiger partial charge in [0, 0.05) is 0 Å². The van der Waals surface area contributed by atoms with Gasteiger partial charge in [-0.2, -0.15) is 0 Å². The van der Waals surface area contributed by atoms with Crippen molar-refractivity contribution in [3.8, 4) is 0 Å². The first-order valence-corrected chi connectivity index (χ1v) is 6.63. The van der Waals surface area contributed by atoms with Crippen LogP contribution in [0.15, 0.2) is 30.3 Å². The van der Waals surface area contributed by atoms with Crippen LogP contribution in [0.5, 0.6) is 0 Å². The maximum atomic E-state index is 5.72. The van der Waals surface area contributed by atoms with Gasteiger partial charge in [0.1, 0.15) is 9.39 Å². The van der Waals surface area contributed by atoms with Crippen LogP contribution >= 0.6 is 0 Å². The topological polar surface area (TPSA) is 18.5 Å². The van der Waals surface area contributed by atoms with Crippen LogP contribution in [0.25, 0.3) is 0 Å². The van der Waals surface area contributed by atoms with Crippen molar-refractivity contribution in [3.63, 3.8) is 0 Å². The van der Waals surface area contributed by atoms with Gasteiger partial charge in [-0.25, -0.2) is 0 Å². The highest BCUT2D eigenvalue weighted by Gasteiger charge is 2.33. The molecule has 0 aliphatic carbocycles. The molecule has 1 aromatic carbocycles. The van der Waals surface area contributed by atoms with E-state index in [4.69, 9.17) is 9.31 Å². The van der Waals surface area contributed by atoms with Crippen LogP contribution in [-0.4, -0.2) is 28.3 Å². The van der Waals surface area contributed by atoms with E-state index < -0.39 is 9.39 Å². The minimum Gasteiger partial charge on any atom is -0.409 e. The molecular formula is C10H15BO2Si. The number of benzene rings is 1. The molecule has 0 radical (unpaired) electrons. The zero-order valence-corrected chi connectivity index (χ0v) is 10.1. The third-order valence-electron chi connectivity index (χ3n) is 2.64. The van der Waals surface area contributed by atoms with E-state index in [-0.39, 0.29) is 18.9 Å². The predicted octanol–water partition coefficient (Wildman–Crippen LogP) is 0.289. The lowest BCUT2D eigenvalue weighted by Crippen LogP contribution is -2.34. The second kappa shape index (κ2) is 4.30. The Balaban J connectivity index is 1.94. The summed E-state index contributed by atoms with van der Waals surface area (Å²) in [6.07, 6.45) is 0.493. The van der Waals surface area contributed by atoms with Gasteiger partial charge in [-0.15, -0.1) is 0 Å². The van der Waals surface area contributed by atoms with Crippen LogP contribution < -0.4 is 5.19 Å². The van der Waals surface area contributed by atoms with Crippen molar-refractivity contribution in [3.05, 3.63) is 30.3 Å². The van der Waals surface area contributed by atoms with Crippen molar-refractivity contribution in [2.45, 2.75) is 26.1 Å². The Hall–Kier alpha value is -0.578. The van der Waals surface area contributed by atoms with Crippen molar-refractivity contribution in [2.24, 2.45) is 0 Å². The van der Waals surface area contributed by atoms with Crippen molar-refractivity contribution in [1.29, 1.82) is 0 Å². The summed E-state index contributed by atoms with van der Waals surface area (Å²) < 4.78 is 11.4. The van der Waals surface area contributed by atoms with E-state index in [1.54, 1.807) is 0 Å².